The average Bonchev–Trinajstić information content (AvgIpc) is 2.56. The van der Waals surface area contributed by atoms with Crippen LogP contribution in [0.4, 0.5) is 17.1 Å². The molecule has 1 aliphatic heterocycles. The topological polar surface area (TPSA) is 66.7 Å². The van der Waals surface area contributed by atoms with Gasteiger partial charge >= 0.3 is 0 Å². The van der Waals surface area contributed by atoms with Crippen LogP contribution in [0.15, 0.2) is 48.5 Å². The molecule has 2 aromatic rings. The van der Waals surface area contributed by atoms with Crippen LogP contribution in [0.3, 0.4) is 0 Å². The lowest BCUT2D eigenvalue weighted by Crippen LogP contribution is -2.50. The highest BCUT2D eigenvalue weighted by atomic mass is 32.1. The molecular formula is C16H15N3O3S. The van der Waals surface area contributed by atoms with Gasteiger partial charge in [-0.25, -0.2) is 0 Å². The molecule has 0 aliphatic carbocycles. The number of fused-ring (bicyclic) bond motifs is 1. The fourth-order valence-corrected chi connectivity index (χ4v) is 3.25. The van der Waals surface area contributed by atoms with Crippen molar-refractivity contribution in [2.75, 3.05) is 11.4 Å². The van der Waals surface area contributed by atoms with Gasteiger partial charge in [0.1, 0.15) is 0 Å². The number of carbonyl (C=O) groups is 1. The molecule has 0 radical (unpaired) electrons. The first-order valence-corrected chi connectivity index (χ1v) is 7.68. The molecule has 0 saturated heterocycles. The first-order chi connectivity index (χ1) is 11.0. The zero-order valence-electron chi connectivity index (χ0n) is 12.4. The molecule has 1 atom stereocenters. The minimum Gasteiger partial charge on any atom is -0.311 e. The molecule has 1 unspecified atom stereocenters. The van der Waals surface area contributed by atoms with Crippen LogP contribution < -0.4 is 4.90 Å². The lowest BCUT2D eigenvalue weighted by Gasteiger charge is -2.42. The normalized spacial score (nSPS) is 17.1. The highest BCUT2D eigenvalue weighted by molar-refractivity contribution is 7.81. The van der Waals surface area contributed by atoms with E-state index >= 15 is 0 Å². The molecule has 2 aromatic carbocycles. The Hall–Kier alpha value is -2.54. The van der Waals surface area contributed by atoms with Crippen LogP contribution in [0.5, 0.6) is 0 Å². The maximum atomic E-state index is 12.6. The molecule has 3 rings (SSSR count). The van der Waals surface area contributed by atoms with Gasteiger partial charge < -0.3 is 9.80 Å². The molecule has 0 saturated carbocycles. The number of anilines is 2. The van der Waals surface area contributed by atoms with Gasteiger partial charge in [-0.2, -0.15) is 0 Å². The Kier molecular flexibility index (Phi) is 3.96. The quantitative estimate of drug-likeness (QED) is 0.532. The Morgan fingerprint density at radius 2 is 1.96 bits per heavy atom. The van der Waals surface area contributed by atoms with E-state index in [9.17, 15) is 14.9 Å². The smallest absolute Gasteiger partial charge is 0.271 e. The van der Waals surface area contributed by atoms with Gasteiger partial charge in [-0.1, -0.05) is 18.2 Å². The largest absolute Gasteiger partial charge is 0.311 e. The summed E-state index contributed by atoms with van der Waals surface area (Å²) in [6, 6.07) is 13.5. The third-order valence-corrected chi connectivity index (χ3v) is 4.33. The SMILES string of the molecule is CCN1C(=O)c2ccccc2N(c2cccc([N+](=O)[O-])c2)C1S. The number of para-hydroxylation sites is 1. The van der Waals surface area contributed by atoms with E-state index in [4.69, 9.17) is 0 Å². The maximum Gasteiger partial charge on any atom is 0.271 e. The number of rotatable bonds is 3. The number of benzene rings is 2. The van der Waals surface area contributed by atoms with Crippen LogP contribution >= 0.6 is 12.6 Å². The van der Waals surface area contributed by atoms with Crippen molar-refractivity contribution in [1.29, 1.82) is 0 Å². The van der Waals surface area contributed by atoms with Crippen LogP contribution in [-0.2, 0) is 0 Å². The van der Waals surface area contributed by atoms with Crippen molar-refractivity contribution in [2.24, 2.45) is 0 Å². The lowest BCUT2D eigenvalue weighted by atomic mass is 10.1. The first-order valence-electron chi connectivity index (χ1n) is 7.16. The molecule has 0 N–H and O–H groups in total. The summed E-state index contributed by atoms with van der Waals surface area (Å²) in [5.41, 5.74) is 1.36. The Morgan fingerprint density at radius 1 is 1.22 bits per heavy atom. The van der Waals surface area contributed by atoms with Crippen molar-refractivity contribution < 1.29 is 9.72 Å². The Labute approximate surface area is 138 Å². The summed E-state index contributed by atoms with van der Waals surface area (Å²) >= 11 is 4.57. The van der Waals surface area contributed by atoms with Crippen molar-refractivity contribution in [3.63, 3.8) is 0 Å². The van der Waals surface area contributed by atoms with E-state index in [-0.39, 0.29) is 11.6 Å². The van der Waals surface area contributed by atoms with E-state index in [1.54, 1.807) is 29.2 Å². The Morgan fingerprint density at radius 3 is 2.65 bits per heavy atom. The van der Waals surface area contributed by atoms with Crippen LogP contribution in [-0.4, -0.2) is 27.8 Å². The third-order valence-electron chi connectivity index (χ3n) is 3.82. The summed E-state index contributed by atoms with van der Waals surface area (Å²) in [6.07, 6.45) is 0. The van der Waals surface area contributed by atoms with Crippen LogP contribution in [0.2, 0.25) is 0 Å². The fourth-order valence-electron chi connectivity index (χ4n) is 2.72. The third kappa shape index (κ3) is 2.53. The minimum absolute atomic E-state index is 0.000429. The summed E-state index contributed by atoms with van der Waals surface area (Å²) in [5.74, 6) is -0.0928. The van der Waals surface area contributed by atoms with Gasteiger partial charge in [-0.3, -0.25) is 14.9 Å². The predicted molar refractivity (Wildman–Crippen MR) is 91.2 cm³/mol. The highest BCUT2D eigenvalue weighted by Crippen LogP contribution is 2.38. The summed E-state index contributed by atoms with van der Waals surface area (Å²) in [5, 5.41) is 11.0. The number of carbonyl (C=O) groups excluding carboxylic acids is 1. The fraction of sp³-hybridized carbons (Fsp3) is 0.188. The lowest BCUT2D eigenvalue weighted by molar-refractivity contribution is -0.384. The molecule has 118 valence electrons. The second kappa shape index (κ2) is 5.92. The molecule has 0 bridgehead atoms. The van der Waals surface area contributed by atoms with Gasteiger partial charge in [0.05, 0.1) is 21.9 Å². The molecular weight excluding hydrogens is 314 g/mol. The van der Waals surface area contributed by atoms with E-state index in [0.717, 1.165) is 0 Å². The molecule has 0 spiro atoms. The molecule has 23 heavy (non-hydrogen) atoms. The predicted octanol–water partition coefficient (Wildman–Crippen LogP) is 3.42. The van der Waals surface area contributed by atoms with Gasteiger partial charge in [-0.15, -0.1) is 12.6 Å². The van der Waals surface area contributed by atoms with E-state index in [1.165, 1.54) is 12.1 Å². The second-order valence-electron chi connectivity index (χ2n) is 5.10. The van der Waals surface area contributed by atoms with E-state index < -0.39 is 10.4 Å². The number of thiol groups is 1. The molecule has 0 fully saturated rings. The van der Waals surface area contributed by atoms with Gasteiger partial charge in [0.2, 0.25) is 0 Å². The van der Waals surface area contributed by atoms with Crippen molar-refractivity contribution in [1.82, 2.24) is 4.90 Å². The van der Waals surface area contributed by atoms with E-state index in [2.05, 4.69) is 12.6 Å². The second-order valence-corrected chi connectivity index (χ2v) is 5.56. The number of nitro groups is 1. The van der Waals surface area contributed by atoms with Crippen molar-refractivity contribution in [3.05, 3.63) is 64.2 Å². The van der Waals surface area contributed by atoms with Gasteiger partial charge in [0.25, 0.3) is 11.6 Å². The number of nitrogens with zero attached hydrogens (tertiary/aromatic N) is 3. The zero-order valence-corrected chi connectivity index (χ0v) is 13.3. The van der Waals surface area contributed by atoms with Crippen LogP contribution in [0.1, 0.15) is 17.3 Å². The Bertz CT molecular complexity index is 781. The van der Waals surface area contributed by atoms with Gasteiger partial charge in [-0.05, 0) is 25.1 Å². The maximum absolute atomic E-state index is 12.6. The first kappa shape index (κ1) is 15.4. The van der Waals surface area contributed by atoms with Crippen LogP contribution in [0, 0.1) is 10.1 Å². The summed E-state index contributed by atoms with van der Waals surface area (Å²) in [6.45, 7) is 2.37. The standard InChI is InChI=1S/C16H15N3O3S/c1-2-17-15(20)13-8-3-4-9-14(13)18(16(17)23)11-6-5-7-12(10-11)19(21)22/h3-10,16,23H,2H2,1H3. The summed E-state index contributed by atoms with van der Waals surface area (Å²) in [4.78, 5) is 26.6. The Balaban J connectivity index is 2.17. The van der Waals surface area contributed by atoms with Crippen molar-refractivity contribution in [2.45, 2.75) is 12.4 Å². The van der Waals surface area contributed by atoms with Crippen molar-refractivity contribution >= 4 is 35.6 Å². The molecule has 1 amide bonds. The number of hydrogen-bond donors (Lipinski definition) is 1. The molecule has 1 heterocycles. The number of nitro benzene ring substituents is 1. The number of hydrogen-bond acceptors (Lipinski definition) is 5. The zero-order chi connectivity index (χ0) is 16.6. The van der Waals surface area contributed by atoms with E-state index in [0.29, 0.717) is 23.5 Å². The number of non-ortho nitro benzene ring substituents is 1. The monoisotopic (exact) mass is 329 g/mol. The summed E-state index contributed by atoms with van der Waals surface area (Å²) in [7, 11) is 0. The summed E-state index contributed by atoms with van der Waals surface area (Å²) < 4.78 is 0. The number of amides is 1. The minimum atomic E-state index is -0.524. The van der Waals surface area contributed by atoms with Gasteiger partial charge in [0, 0.05) is 18.7 Å². The molecule has 0 aromatic heterocycles. The average molecular weight is 329 g/mol. The molecule has 1 aliphatic rings. The van der Waals surface area contributed by atoms with Crippen LogP contribution in [0.25, 0.3) is 0 Å². The molecule has 6 nitrogen and oxygen atoms in total. The van der Waals surface area contributed by atoms with Crippen molar-refractivity contribution in [3.8, 4) is 0 Å². The van der Waals surface area contributed by atoms with E-state index in [1.807, 2.05) is 24.0 Å². The van der Waals surface area contributed by atoms with Gasteiger partial charge in [0.15, 0.2) is 5.50 Å². The highest BCUT2D eigenvalue weighted by Gasteiger charge is 2.35. The molecule has 7 heteroatoms.